The Hall–Kier alpha value is -2.61. The van der Waals surface area contributed by atoms with Crippen LogP contribution in [0, 0.1) is 12.7 Å². The highest BCUT2D eigenvalue weighted by atomic mass is 32.2. The van der Waals surface area contributed by atoms with Crippen molar-refractivity contribution in [3.8, 4) is 5.75 Å². The molecule has 158 valence electrons. The highest BCUT2D eigenvalue weighted by Gasteiger charge is 2.12. The van der Waals surface area contributed by atoms with Gasteiger partial charge in [0.05, 0.1) is 12.3 Å². The summed E-state index contributed by atoms with van der Waals surface area (Å²) in [6.07, 6.45) is 1.05. The van der Waals surface area contributed by atoms with E-state index in [4.69, 9.17) is 4.74 Å². The number of rotatable bonds is 8. The summed E-state index contributed by atoms with van der Waals surface area (Å²) in [5.74, 6) is 0.747. The molecule has 0 aliphatic carbocycles. The van der Waals surface area contributed by atoms with Gasteiger partial charge in [0.2, 0.25) is 0 Å². The topological polar surface area (TPSA) is 79.8 Å². The van der Waals surface area contributed by atoms with Gasteiger partial charge in [-0.15, -0.1) is 0 Å². The molecular weight excluding hydrogens is 393 g/mol. The Bertz CT molecular complexity index is 944. The zero-order valence-corrected chi connectivity index (χ0v) is 18.0. The summed E-state index contributed by atoms with van der Waals surface area (Å²) >= 11 is 0. The lowest BCUT2D eigenvalue weighted by Gasteiger charge is -2.18. The minimum Gasteiger partial charge on any atom is -0.489 e. The molecule has 1 unspecified atom stereocenters. The number of benzene rings is 2. The molecule has 6 nitrogen and oxygen atoms in total. The van der Waals surface area contributed by atoms with E-state index in [9.17, 15) is 12.8 Å². The molecule has 0 bridgehead atoms. The van der Waals surface area contributed by atoms with Crippen LogP contribution in [0.1, 0.15) is 23.6 Å². The van der Waals surface area contributed by atoms with Crippen molar-refractivity contribution in [2.75, 3.05) is 19.8 Å². The number of hydrogen-bond acceptors (Lipinski definition) is 4. The Morgan fingerprint density at radius 1 is 1.14 bits per heavy atom. The van der Waals surface area contributed by atoms with Gasteiger partial charge in [0, 0.05) is 19.8 Å². The molecule has 0 spiro atoms. The zero-order valence-electron chi connectivity index (χ0n) is 17.2. The molecule has 0 heterocycles. The number of aliphatic imine (C=N–C) groups is 1. The number of nitrogens with zero attached hydrogens (tertiary/aromatic N) is 1. The maximum atomic E-state index is 13.6. The molecule has 0 saturated heterocycles. The third-order valence-corrected chi connectivity index (χ3v) is 5.01. The Morgan fingerprint density at radius 3 is 2.45 bits per heavy atom. The minimum atomic E-state index is -3.22. The van der Waals surface area contributed by atoms with Gasteiger partial charge in [-0.1, -0.05) is 23.8 Å². The van der Waals surface area contributed by atoms with E-state index in [1.54, 1.807) is 7.05 Å². The summed E-state index contributed by atoms with van der Waals surface area (Å²) in [6.45, 7) is 4.71. The molecule has 2 aromatic carbocycles. The number of halogens is 1. The summed E-state index contributed by atoms with van der Waals surface area (Å²) in [6, 6.07) is 11.9. The first-order valence-electron chi connectivity index (χ1n) is 9.29. The lowest BCUT2D eigenvalue weighted by Crippen LogP contribution is -2.41. The summed E-state index contributed by atoms with van der Waals surface area (Å²) in [5, 5.41) is 6.24. The fraction of sp³-hybridized carbons (Fsp3) is 0.381. The van der Waals surface area contributed by atoms with Gasteiger partial charge in [-0.3, -0.25) is 4.99 Å². The van der Waals surface area contributed by atoms with Crippen LogP contribution in [0.25, 0.3) is 0 Å². The normalized spacial score (nSPS) is 13.1. The van der Waals surface area contributed by atoms with Gasteiger partial charge in [0.1, 0.15) is 17.7 Å². The van der Waals surface area contributed by atoms with E-state index in [0.717, 1.165) is 12.0 Å². The Labute approximate surface area is 172 Å². The highest BCUT2D eigenvalue weighted by molar-refractivity contribution is 7.89. The molecule has 0 amide bonds. The van der Waals surface area contributed by atoms with Crippen molar-refractivity contribution in [3.63, 3.8) is 0 Å². The second-order valence-electron chi connectivity index (χ2n) is 7.03. The molecule has 0 radical (unpaired) electrons. The van der Waals surface area contributed by atoms with Gasteiger partial charge in [0.25, 0.3) is 0 Å². The van der Waals surface area contributed by atoms with Crippen molar-refractivity contribution in [1.82, 2.24) is 10.6 Å². The van der Waals surface area contributed by atoms with Gasteiger partial charge in [-0.2, -0.15) is 0 Å². The summed E-state index contributed by atoms with van der Waals surface area (Å²) in [4.78, 5) is 4.15. The van der Waals surface area contributed by atoms with Crippen LogP contribution >= 0.6 is 0 Å². The number of hydrogen-bond donors (Lipinski definition) is 2. The van der Waals surface area contributed by atoms with E-state index in [1.807, 2.05) is 38.1 Å². The lowest BCUT2D eigenvalue weighted by molar-refractivity contribution is 0.224. The molecule has 2 rings (SSSR count). The van der Waals surface area contributed by atoms with Gasteiger partial charge in [-0.05, 0) is 49.2 Å². The number of nitrogens with one attached hydrogen (secondary N) is 2. The average molecular weight is 422 g/mol. The molecule has 0 saturated carbocycles. The van der Waals surface area contributed by atoms with Crippen LogP contribution < -0.4 is 15.4 Å². The molecule has 0 aliphatic heterocycles. The van der Waals surface area contributed by atoms with E-state index in [-0.39, 0.29) is 18.4 Å². The molecule has 0 aliphatic rings. The first-order chi connectivity index (χ1) is 13.7. The third kappa shape index (κ3) is 8.11. The zero-order chi connectivity index (χ0) is 21.4. The quantitative estimate of drug-likeness (QED) is 0.506. The molecule has 1 atom stereocenters. The maximum Gasteiger partial charge on any atom is 0.191 e. The number of guanidine groups is 1. The average Bonchev–Trinajstić information content (AvgIpc) is 2.64. The van der Waals surface area contributed by atoms with Crippen LogP contribution in [0.3, 0.4) is 0 Å². The first kappa shape index (κ1) is 22.7. The lowest BCUT2D eigenvalue weighted by atomic mass is 10.1. The van der Waals surface area contributed by atoms with Gasteiger partial charge >= 0.3 is 0 Å². The van der Waals surface area contributed by atoms with E-state index in [0.29, 0.717) is 23.6 Å². The van der Waals surface area contributed by atoms with E-state index in [1.165, 1.54) is 23.8 Å². The van der Waals surface area contributed by atoms with Crippen molar-refractivity contribution in [2.45, 2.75) is 32.2 Å². The van der Waals surface area contributed by atoms with Gasteiger partial charge in [-0.25, -0.2) is 12.8 Å². The molecule has 8 heteroatoms. The Morgan fingerprint density at radius 2 is 1.83 bits per heavy atom. The SMILES string of the molecule is CN=C(NCc1cc(F)ccc1CS(C)(=O)=O)NCC(C)Oc1ccc(C)cc1. The van der Waals surface area contributed by atoms with Crippen LogP contribution in [-0.4, -0.2) is 40.3 Å². The van der Waals surface area contributed by atoms with Crippen LogP contribution in [0.5, 0.6) is 5.75 Å². The fourth-order valence-corrected chi connectivity index (χ4v) is 3.56. The number of ether oxygens (including phenoxy) is 1. The standard InChI is InChI=1S/C21H28FN3O3S/c1-15-5-9-20(10-6-15)28-16(2)12-24-21(23-3)25-13-18-11-19(22)8-7-17(18)14-29(4,26)27/h5-11,16H,12-14H2,1-4H3,(H2,23,24,25). The largest absolute Gasteiger partial charge is 0.489 e. The number of sulfone groups is 1. The van der Waals surface area contributed by atoms with E-state index in [2.05, 4.69) is 15.6 Å². The minimum absolute atomic E-state index is 0.105. The van der Waals surface area contributed by atoms with Crippen molar-refractivity contribution in [3.05, 3.63) is 65.0 Å². The van der Waals surface area contributed by atoms with Crippen LogP contribution in [0.4, 0.5) is 4.39 Å². The van der Waals surface area contributed by atoms with Crippen LogP contribution in [-0.2, 0) is 22.1 Å². The molecular formula is C21H28FN3O3S. The molecule has 0 fully saturated rings. The van der Waals surface area contributed by atoms with E-state index < -0.39 is 15.7 Å². The van der Waals surface area contributed by atoms with E-state index >= 15 is 0 Å². The molecule has 0 aromatic heterocycles. The monoisotopic (exact) mass is 421 g/mol. The smallest absolute Gasteiger partial charge is 0.191 e. The van der Waals surface area contributed by atoms with Gasteiger partial charge < -0.3 is 15.4 Å². The molecule has 2 N–H and O–H groups in total. The first-order valence-corrected chi connectivity index (χ1v) is 11.3. The van der Waals surface area contributed by atoms with Crippen LogP contribution in [0.15, 0.2) is 47.5 Å². The van der Waals surface area contributed by atoms with Crippen molar-refractivity contribution < 1.29 is 17.5 Å². The van der Waals surface area contributed by atoms with Crippen molar-refractivity contribution >= 4 is 15.8 Å². The predicted molar refractivity (Wildman–Crippen MR) is 114 cm³/mol. The van der Waals surface area contributed by atoms with Gasteiger partial charge in [0.15, 0.2) is 15.8 Å². The van der Waals surface area contributed by atoms with Crippen molar-refractivity contribution in [1.29, 1.82) is 0 Å². The third-order valence-electron chi connectivity index (χ3n) is 4.17. The Kier molecular flexibility index (Phi) is 8.01. The molecule has 29 heavy (non-hydrogen) atoms. The summed E-state index contributed by atoms with van der Waals surface area (Å²) in [5.41, 5.74) is 2.30. The number of aryl methyl sites for hydroxylation is 1. The highest BCUT2D eigenvalue weighted by Crippen LogP contribution is 2.15. The maximum absolute atomic E-state index is 13.6. The van der Waals surface area contributed by atoms with Crippen molar-refractivity contribution in [2.24, 2.45) is 4.99 Å². The van der Waals surface area contributed by atoms with Crippen LogP contribution in [0.2, 0.25) is 0 Å². The fourth-order valence-electron chi connectivity index (χ4n) is 2.71. The summed E-state index contributed by atoms with van der Waals surface area (Å²) in [7, 11) is -1.59. The second-order valence-corrected chi connectivity index (χ2v) is 9.17. The molecule has 2 aromatic rings. The Balaban J connectivity index is 1.92. The predicted octanol–water partition coefficient (Wildman–Crippen LogP) is 2.81. The second kappa shape index (κ2) is 10.2. The summed E-state index contributed by atoms with van der Waals surface area (Å²) < 4.78 is 42.7.